The van der Waals surface area contributed by atoms with E-state index >= 15 is 0 Å². The maximum atomic E-state index is 5.56. The van der Waals surface area contributed by atoms with Gasteiger partial charge in [0.25, 0.3) is 0 Å². The lowest BCUT2D eigenvalue weighted by molar-refractivity contribution is 0.139. The summed E-state index contributed by atoms with van der Waals surface area (Å²) in [7, 11) is 0. The van der Waals surface area contributed by atoms with Crippen LogP contribution in [0.5, 0.6) is 0 Å². The average molecular weight is 340 g/mol. The molecule has 0 unspecified atom stereocenters. The summed E-state index contributed by atoms with van der Waals surface area (Å²) in [6, 6.07) is 0.603. The van der Waals surface area contributed by atoms with E-state index < -0.39 is 0 Å². The van der Waals surface area contributed by atoms with E-state index in [-0.39, 0.29) is 0 Å². The van der Waals surface area contributed by atoms with Crippen molar-refractivity contribution >= 4 is 17.3 Å². The number of nitrogens with zero attached hydrogens (tertiary/aromatic N) is 2. The van der Waals surface area contributed by atoms with E-state index in [0.717, 1.165) is 30.0 Å². The fourth-order valence-corrected chi connectivity index (χ4v) is 4.01. The van der Waals surface area contributed by atoms with Crippen LogP contribution in [-0.2, 0) is 0 Å². The largest absolute Gasteiger partial charge is 0.360 e. The van der Waals surface area contributed by atoms with Gasteiger partial charge < -0.3 is 15.1 Å². The predicted octanol–water partition coefficient (Wildman–Crippen LogP) is 3.74. The standard InChI is InChI=1S/C19H37N3S/c1-6-15(2)17-13-20-18(23)22(17)14-16-7-10-21(11-8-16)12-9-19(3,4)5/h15-17H,6-14H2,1-5H3,(H,20,23)/t15-,17+/m0/s1. The highest BCUT2D eigenvalue weighted by Gasteiger charge is 2.33. The predicted molar refractivity (Wildman–Crippen MR) is 104 cm³/mol. The molecule has 0 spiro atoms. The van der Waals surface area contributed by atoms with E-state index in [1.807, 2.05) is 0 Å². The van der Waals surface area contributed by atoms with Gasteiger partial charge >= 0.3 is 0 Å². The third kappa shape index (κ3) is 5.60. The Kier molecular flexibility index (Phi) is 6.73. The average Bonchev–Trinajstić information content (AvgIpc) is 2.86. The van der Waals surface area contributed by atoms with Crippen LogP contribution in [0.4, 0.5) is 0 Å². The van der Waals surface area contributed by atoms with Gasteiger partial charge in [0.1, 0.15) is 0 Å². The molecule has 0 aromatic carbocycles. The normalized spacial score (nSPS) is 25.7. The zero-order valence-corrected chi connectivity index (χ0v) is 16.7. The Morgan fingerprint density at radius 2 is 1.91 bits per heavy atom. The second-order valence-electron chi connectivity index (χ2n) is 8.89. The molecule has 2 heterocycles. The van der Waals surface area contributed by atoms with E-state index in [0.29, 0.717) is 11.5 Å². The van der Waals surface area contributed by atoms with Gasteiger partial charge in [0.2, 0.25) is 0 Å². The Morgan fingerprint density at radius 1 is 1.26 bits per heavy atom. The van der Waals surface area contributed by atoms with Crippen molar-refractivity contribution < 1.29 is 0 Å². The number of hydrogen-bond donors (Lipinski definition) is 1. The first-order valence-electron chi connectivity index (χ1n) is 9.57. The summed E-state index contributed by atoms with van der Waals surface area (Å²) in [6.45, 7) is 17.7. The Labute approximate surface area is 149 Å². The van der Waals surface area contributed by atoms with E-state index in [1.165, 1.54) is 45.3 Å². The van der Waals surface area contributed by atoms with E-state index in [9.17, 15) is 0 Å². The maximum absolute atomic E-state index is 5.56. The number of nitrogens with one attached hydrogen (secondary N) is 1. The van der Waals surface area contributed by atoms with Crippen molar-refractivity contribution in [1.82, 2.24) is 15.1 Å². The molecule has 2 aliphatic heterocycles. The quantitative estimate of drug-likeness (QED) is 0.743. The van der Waals surface area contributed by atoms with E-state index in [1.54, 1.807) is 0 Å². The number of hydrogen-bond acceptors (Lipinski definition) is 2. The Balaban J connectivity index is 1.78. The highest BCUT2D eigenvalue weighted by atomic mass is 32.1. The molecule has 2 saturated heterocycles. The van der Waals surface area contributed by atoms with Gasteiger partial charge in [-0.15, -0.1) is 0 Å². The topological polar surface area (TPSA) is 18.5 Å². The molecule has 2 rings (SSSR count). The van der Waals surface area contributed by atoms with Gasteiger partial charge in [-0.25, -0.2) is 0 Å². The molecule has 2 atom stereocenters. The third-order valence-electron chi connectivity index (χ3n) is 5.76. The lowest BCUT2D eigenvalue weighted by atomic mass is 9.90. The summed E-state index contributed by atoms with van der Waals surface area (Å²) < 4.78 is 0. The van der Waals surface area contributed by atoms with Crippen LogP contribution in [-0.4, -0.2) is 53.7 Å². The molecule has 0 aliphatic carbocycles. The zero-order valence-electron chi connectivity index (χ0n) is 15.9. The molecule has 0 aromatic heterocycles. The van der Waals surface area contributed by atoms with Crippen LogP contribution in [0.1, 0.15) is 60.3 Å². The molecular formula is C19H37N3S. The molecule has 2 aliphatic rings. The van der Waals surface area contributed by atoms with E-state index in [2.05, 4.69) is 49.7 Å². The monoisotopic (exact) mass is 339 g/mol. The van der Waals surface area contributed by atoms with Gasteiger partial charge in [-0.3, -0.25) is 0 Å². The smallest absolute Gasteiger partial charge is 0.169 e. The number of piperidine rings is 1. The van der Waals surface area contributed by atoms with Crippen molar-refractivity contribution in [3.8, 4) is 0 Å². The highest BCUT2D eigenvalue weighted by molar-refractivity contribution is 7.80. The summed E-state index contributed by atoms with van der Waals surface area (Å²) in [5.74, 6) is 1.53. The van der Waals surface area contributed by atoms with Crippen LogP contribution in [0, 0.1) is 17.3 Å². The molecular weight excluding hydrogens is 302 g/mol. The Morgan fingerprint density at radius 3 is 2.48 bits per heavy atom. The van der Waals surface area contributed by atoms with Crippen molar-refractivity contribution in [3.05, 3.63) is 0 Å². The number of thiocarbonyl (C=S) groups is 1. The van der Waals surface area contributed by atoms with Crippen LogP contribution >= 0.6 is 12.2 Å². The van der Waals surface area contributed by atoms with Crippen LogP contribution in [0.15, 0.2) is 0 Å². The third-order valence-corrected chi connectivity index (χ3v) is 6.14. The van der Waals surface area contributed by atoms with Gasteiger partial charge in [-0.1, -0.05) is 41.0 Å². The molecule has 4 heteroatoms. The van der Waals surface area contributed by atoms with Crippen molar-refractivity contribution in [2.75, 3.05) is 32.7 Å². The van der Waals surface area contributed by atoms with Crippen molar-refractivity contribution in [2.45, 2.75) is 66.3 Å². The Bertz CT molecular complexity index is 383. The number of rotatable bonds is 6. The van der Waals surface area contributed by atoms with Gasteiger partial charge in [-0.05, 0) is 68.4 Å². The maximum Gasteiger partial charge on any atom is 0.169 e. The molecule has 0 bridgehead atoms. The van der Waals surface area contributed by atoms with Gasteiger partial charge in [0.15, 0.2) is 5.11 Å². The van der Waals surface area contributed by atoms with Gasteiger partial charge in [-0.2, -0.15) is 0 Å². The molecule has 2 fully saturated rings. The second kappa shape index (κ2) is 8.15. The van der Waals surface area contributed by atoms with Crippen LogP contribution in [0.3, 0.4) is 0 Å². The van der Waals surface area contributed by atoms with Crippen molar-refractivity contribution in [2.24, 2.45) is 17.3 Å². The fourth-order valence-electron chi connectivity index (χ4n) is 3.72. The molecule has 23 heavy (non-hydrogen) atoms. The van der Waals surface area contributed by atoms with Crippen LogP contribution in [0.25, 0.3) is 0 Å². The molecule has 0 saturated carbocycles. The fraction of sp³-hybridized carbons (Fsp3) is 0.947. The van der Waals surface area contributed by atoms with Gasteiger partial charge in [0.05, 0.1) is 6.04 Å². The molecule has 0 radical (unpaired) electrons. The SMILES string of the molecule is CC[C@H](C)[C@H]1CNC(=S)N1CC1CCN(CCC(C)(C)C)CC1. The second-order valence-corrected chi connectivity index (χ2v) is 9.27. The molecule has 0 amide bonds. The first-order valence-corrected chi connectivity index (χ1v) is 9.98. The Hall–Kier alpha value is -0.350. The zero-order chi connectivity index (χ0) is 17.0. The van der Waals surface area contributed by atoms with Crippen LogP contribution in [0.2, 0.25) is 0 Å². The van der Waals surface area contributed by atoms with Crippen molar-refractivity contribution in [3.63, 3.8) is 0 Å². The van der Waals surface area contributed by atoms with Crippen molar-refractivity contribution in [1.29, 1.82) is 0 Å². The van der Waals surface area contributed by atoms with Crippen LogP contribution < -0.4 is 5.32 Å². The summed E-state index contributed by atoms with van der Waals surface area (Å²) in [6.07, 6.45) is 5.19. The first-order chi connectivity index (χ1) is 10.8. The minimum Gasteiger partial charge on any atom is -0.360 e. The lowest BCUT2D eigenvalue weighted by Gasteiger charge is -2.37. The summed E-state index contributed by atoms with van der Waals surface area (Å²) in [5, 5.41) is 4.41. The summed E-state index contributed by atoms with van der Waals surface area (Å²) in [5.41, 5.74) is 0.452. The minimum absolute atomic E-state index is 0.452. The number of likely N-dealkylation sites (tertiary alicyclic amines) is 1. The summed E-state index contributed by atoms with van der Waals surface area (Å²) in [4.78, 5) is 5.16. The first kappa shape index (κ1) is 19.0. The summed E-state index contributed by atoms with van der Waals surface area (Å²) >= 11 is 5.56. The molecule has 1 N–H and O–H groups in total. The minimum atomic E-state index is 0.452. The highest BCUT2D eigenvalue weighted by Crippen LogP contribution is 2.26. The lowest BCUT2D eigenvalue weighted by Crippen LogP contribution is -2.44. The van der Waals surface area contributed by atoms with E-state index in [4.69, 9.17) is 12.2 Å². The molecule has 134 valence electrons. The molecule has 3 nitrogen and oxygen atoms in total. The van der Waals surface area contributed by atoms with Gasteiger partial charge in [0, 0.05) is 13.1 Å². The molecule has 0 aromatic rings.